The maximum absolute atomic E-state index is 12.3. The molecule has 0 unspecified atom stereocenters. The molecule has 1 atom stereocenters. The zero-order chi connectivity index (χ0) is 15.9. The Hall–Kier alpha value is -1.30. The highest BCUT2D eigenvalue weighted by molar-refractivity contribution is 8.00. The van der Waals surface area contributed by atoms with E-state index < -0.39 is 0 Å². The monoisotopic (exact) mass is 323 g/mol. The molecule has 0 spiro atoms. The first-order valence-electron chi connectivity index (χ1n) is 8.15. The van der Waals surface area contributed by atoms with Gasteiger partial charge in [-0.2, -0.15) is 0 Å². The number of carbonyl (C=O) groups excluding carboxylic acids is 1. The molecule has 0 bridgehead atoms. The SMILES string of the molecule is CCCc1cc(=O)[nH]c(S[C@@H](C)C(=O)NC2CCCCC2)n1. The molecule has 122 valence electrons. The standard InChI is InChI=1S/C16H25N3O2S/c1-3-7-13-10-14(20)19-16(18-13)22-11(2)15(21)17-12-8-5-4-6-9-12/h10-12H,3-9H2,1-2H3,(H,17,21)(H,18,19,20)/t11-/m0/s1. The molecule has 22 heavy (non-hydrogen) atoms. The van der Waals surface area contributed by atoms with Crippen molar-refractivity contribution in [2.24, 2.45) is 0 Å². The molecule has 1 heterocycles. The molecule has 1 saturated carbocycles. The molecule has 1 aromatic heterocycles. The van der Waals surface area contributed by atoms with Gasteiger partial charge < -0.3 is 10.3 Å². The van der Waals surface area contributed by atoms with Crippen molar-refractivity contribution < 1.29 is 4.79 Å². The van der Waals surface area contributed by atoms with E-state index in [1.807, 2.05) is 6.92 Å². The van der Waals surface area contributed by atoms with Gasteiger partial charge in [0.15, 0.2) is 5.16 Å². The fraction of sp³-hybridized carbons (Fsp3) is 0.688. The number of aromatic nitrogens is 2. The van der Waals surface area contributed by atoms with Crippen molar-refractivity contribution in [3.05, 3.63) is 22.1 Å². The lowest BCUT2D eigenvalue weighted by atomic mass is 9.95. The number of amides is 1. The lowest BCUT2D eigenvalue weighted by Crippen LogP contribution is -2.40. The van der Waals surface area contributed by atoms with Crippen molar-refractivity contribution in [2.75, 3.05) is 0 Å². The number of H-pyrrole nitrogens is 1. The van der Waals surface area contributed by atoms with Crippen molar-refractivity contribution >= 4 is 17.7 Å². The Balaban J connectivity index is 1.94. The number of rotatable bonds is 6. The van der Waals surface area contributed by atoms with Gasteiger partial charge in [0.2, 0.25) is 5.91 Å². The summed E-state index contributed by atoms with van der Waals surface area (Å²) >= 11 is 1.32. The molecule has 2 N–H and O–H groups in total. The smallest absolute Gasteiger partial charge is 0.251 e. The molecule has 1 aliphatic carbocycles. The Labute approximate surface area is 135 Å². The van der Waals surface area contributed by atoms with Gasteiger partial charge in [0.25, 0.3) is 5.56 Å². The van der Waals surface area contributed by atoms with Crippen molar-refractivity contribution in [3.63, 3.8) is 0 Å². The number of carbonyl (C=O) groups is 1. The van der Waals surface area contributed by atoms with Crippen LogP contribution in [0, 0.1) is 0 Å². The molecule has 2 rings (SSSR count). The Morgan fingerprint density at radius 1 is 1.45 bits per heavy atom. The first kappa shape index (κ1) is 17.1. The van der Waals surface area contributed by atoms with Gasteiger partial charge in [-0.15, -0.1) is 0 Å². The maximum atomic E-state index is 12.3. The highest BCUT2D eigenvalue weighted by atomic mass is 32.2. The number of hydrogen-bond acceptors (Lipinski definition) is 4. The van der Waals surface area contributed by atoms with E-state index in [9.17, 15) is 9.59 Å². The summed E-state index contributed by atoms with van der Waals surface area (Å²) in [4.78, 5) is 31.0. The first-order valence-corrected chi connectivity index (χ1v) is 9.03. The van der Waals surface area contributed by atoms with Crippen LogP contribution in [0.5, 0.6) is 0 Å². The maximum Gasteiger partial charge on any atom is 0.251 e. The molecule has 0 aliphatic heterocycles. The van der Waals surface area contributed by atoms with Crippen LogP contribution in [0.25, 0.3) is 0 Å². The average molecular weight is 323 g/mol. The summed E-state index contributed by atoms with van der Waals surface area (Å²) in [5.74, 6) is 0.0282. The van der Waals surface area contributed by atoms with Crippen LogP contribution in [0.15, 0.2) is 16.0 Å². The van der Waals surface area contributed by atoms with Crippen molar-refractivity contribution in [1.29, 1.82) is 0 Å². The van der Waals surface area contributed by atoms with Crippen LogP contribution in [0.1, 0.15) is 58.1 Å². The zero-order valence-corrected chi connectivity index (χ0v) is 14.2. The van der Waals surface area contributed by atoms with Crippen molar-refractivity contribution in [1.82, 2.24) is 15.3 Å². The quantitative estimate of drug-likeness (QED) is 0.623. The van der Waals surface area contributed by atoms with Crippen molar-refractivity contribution in [2.45, 2.75) is 75.2 Å². The van der Waals surface area contributed by atoms with Crippen LogP contribution in [-0.2, 0) is 11.2 Å². The molecule has 1 fully saturated rings. The molecule has 1 aromatic rings. The summed E-state index contributed by atoms with van der Waals surface area (Å²) < 4.78 is 0. The normalized spacial score (nSPS) is 17.2. The van der Waals surface area contributed by atoms with Crippen LogP contribution < -0.4 is 10.9 Å². The predicted octanol–water partition coefficient (Wildman–Crippen LogP) is 2.65. The lowest BCUT2D eigenvalue weighted by Gasteiger charge is -2.24. The third-order valence-corrected chi connectivity index (χ3v) is 4.87. The summed E-state index contributed by atoms with van der Waals surface area (Å²) in [6, 6.07) is 1.84. The van der Waals surface area contributed by atoms with Gasteiger partial charge in [0.1, 0.15) is 0 Å². The van der Waals surface area contributed by atoms with E-state index in [1.54, 1.807) is 0 Å². The summed E-state index contributed by atoms with van der Waals surface area (Å²) in [5, 5.41) is 3.38. The molecule has 1 aliphatic rings. The molecule has 1 amide bonds. The fourth-order valence-corrected chi connectivity index (χ4v) is 3.55. The fourth-order valence-electron chi connectivity index (χ4n) is 2.71. The van der Waals surface area contributed by atoms with Gasteiger partial charge in [-0.05, 0) is 26.2 Å². The number of aryl methyl sites for hydroxylation is 1. The molecule has 5 nitrogen and oxygen atoms in total. The minimum Gasteiger partial charge on any atom is -0.352 e. The average Bonchev–Trinajstić information content (AvgIpc) is 2.48. The topological polar surface area (TPSA) is 74.8 Å². The van der Waals surface area contributed by atoms with Crippen LogP contribution >= 0.6 is 11.8 Å². The number of hydrogen-bond donors (Lipinski definition) is 2. The number of nitrogens with one attached hydrogen (secondary N) is 2. The van der Waals surface area contributed by atoms with E-state index >= 15 is 0 Å². The second-order valence-corrected chi connectivity index (χ2v) is 7.22. The number of thioether (sulfide) groups is 1. The van der Waals surface area contributed by atoms with Gasteiger partial charge in [-0.3, -0.25) is 9.59 Å². The van der Waals surface area contributed by atoms with Crippen LogP contribution in [0.2, 0.25) is 0 Å². The third-order valence-electron chi connectivity index (χ3n) is 3.89. The second-order valence-electron chi connectivity index (χ2n) is 5.90. The predicted molar refractivity (Wildman–Crippen MR) is 89.2 cm³/mol. The van der Waals surface area contributed by atoms with E-state index in [4.69, 9.17) is 0 Å². The molecule has 6 heteroatoms. The highest BCUT2D eigenvalue weighted by Crippen LogP contribution is 2.21. The van der Waals surface area contributed by atoms with Gasteiger partial charge >= 0.3 is 0 Å². The summed E-state index contributed by atoms with van der Waals surface area (Å²) in [6.07, 6.45) is 7.53. The molecular weight excluding hydrogens is 298 g/mol. The minimum atomic E-state index is -0.262. The number of nitrogens with zero attached hydrogens (tertiary/aromatic N) is 1. The Morgan fingerprint density at radius 2 is 2.18 bits per heavy atom. The van der Waals surface area contributed by atoms with E-state index in [0.29, 0.717) is 11.2 Å². The molecular formula is C16H25N3O2S. The van der Waals surface area contributed by atoms with Crippen LogP contribution in [0.3, 0.4) is 0 Å². The van der Waals surface area contributed by atoms with E-state index in [-0.39, 0.29) is 16.7 Å². The second kappa shape index (κ2) is 8.36. The van der Waals surface area contributed by atoms with Gasteiger partial charge in [-0.25, -0.2) is 4.98 Å². The molecule has 0 saturated heterocycles. The molecule has 0 aromatic carbocycles. The summed E-state index contributed by atoms with van der Waals surface area (Å²) in [6.45, 7) is 3.91. The van der Waals surface area contributed by atoms with Crippen LogP contribution in [0.4, 0.5) is 0 Å². The van der Waals surface area contributed by atoms with Crippen LogP contribution in [-0.4, -0.2) is 27.2 Å². The Morgan fingerprint density at radius 3 is 2.86 bits per heavy atom. The summed E-state index contributed by atoms with van der Waals surface area (Å²) in [7, 11) is 0. The van der Waals surface area contributed by atoms with Gasteiger partial charge in [0.05, 0.1) is 5.25 Å². The van der Waals surface area contributed by atoms with E-state index in [2.05, 4.69) is 22.2 Å². The van der Waals surface area contributed by atoms with E-state index in [0.717, 1.165) is 31.4 Å². The van der Waals surface area contributed by atoms with Crippen molar-refractivity contribution in [3.8, 4) is 0 Å². The lowest BCUT2D eigenvalue weighted by molar-refractivity contribution is -0.121. The zero-order valence-electron chi connectivity index (χ0n) is 13.4. The Kier molecular flexibility index (Phi) is 6.49. The van der Waals surface area contributed by atoms with Gasteiger partial charge in [-0.1, -0.05) is 44.4 Å². The largest absolute Gasteiger partial charge is 0.352 e. The third kappa shape index (κ3) is 5.16. The highest BCUT2D eigenvalue weighted by Gasteiger charge is 2.21. The van der Waals surface area contributed by atoms with E-state index in [1.165, 1.54) is 37.1 Å². The number of aromatic amines is 1. The minimum absolute atomic E-state index is 0.0282. The first-order chi connectivity index (χ1) is 10.6. The molecule has 0 radical (unpaired) electrons. The summed E-state index contributed by atoms with van der Waals surface area (Å²) in [5.41, 5.74) is 0.634. The Bertz CT molecular complexity index is 553. The van der Waals surface area contributed by atoms with Gasteiger partial charge in [0, 0.05) is 17.8 Å².